The molecule has 0 aliphatic carbocycles. The molecule has 0 unspecified atom stereocenters. The molecule has 1 aromatic heterocycles. The Labute approximate surface area is 100 Å². The molecule has 16 heavy (non-hydrogen) atoms. The molecule has 82 valence electrons. The number of hydrogen-bond donors (Lipinski definition) is 2. The van der Waals surface area contributed by atoms with E-state index in [1.807, 2.05) is 24.3 Å². The number of nitrogens with zero attached hydrogens (tertiary/aromatic N) is 1. The zero-order valence-corrected chi connectivity index (χ0v) is 10.1. The summed E-state index contributed by atoms with van der Waals surface area (Å²) in [7, 11) is 0. The van der Waals surface area contributed by atoms with Crippen molar-refractivity contribution in [2.75, 3.05) is 0 Å². The van der Waals surface area contributed by atoms with Crippen molar-refractivity contribution in [3.05, 3.63) is 40.0 Å². The van der Waals surface area contributed by atoms with Gasteiger partial charge in [0.25, 0.3) is 0 Å². The van der Waals surface area contributed by atoms with Gasteiger partial charge in [0.15, 0.2) is 0 Å². The van der Waals surface area contributed by atoms with Crippen molar-refractivity contribution < 1.29 is 9.90 Å². The van der Waals surface area contributed by atoms with Crippen LogP contribution in [0.1, 0.15) is 16.1 Å². The standard InChI is InChI=1S/C11H9BrN2O2/c1-6-9(13-14-10(6)11(15)16)7-2-4-8(12)5-3-7/h2-5H,1H3,(H,13,14)(H,15,16). The van der Waals surface area contributed by atoms with Crippen LogP contribution in [-0.2, 0) is 0 Å². The minimum absolute atomic E-state index is 0.137. The van der Waals surface area contributed by atoms with Crippen LogP contribution in [0, 0.1) is 6.92 Å². The second-order valence-electron chi connectivity index (χ2n) is 3.38. The highest BCUT2D eigenvalue weighted by atomic mass is 79.9. The van der Waals surface area contributed by atoms with Crippen LogP contribution in [0.2, 0.25) is 0 Å². The normalized spacial score (nSPS) is 10.4. The van der Waals surface area contributed by atoms with E-state index in [4.69, 9.17) is 5.11 Å². The summed E-state index contributed by atoms with van der Waals surface area (Å²) in [5, 5.41) is 15.4. The number of carboxylic acids is 1. The van der Waals surface area contributed by atoms with Crippen molar-refractivity contribution in [2.24, 2.45) is 0 Å². The predicted molar refractivity (Wildman–Crippen MR) is 63.4 cm³/mol. The van der Waals surface area contributed by atoms with E-state index in [2.05, 4.69) is 26.1 Å². The molecule has 1 heterocycles. The Morgan fingerprint density at radius 3 is 2.50 bits per heavy atom. The summed E-state index contributed by atoms with van der Waals surface area (Å²) in [5.74, 6) is -0.992. The van der Waals surface area contributed by atoms with Gasteiger partial charge in [-0.05, 0) is 19.1 Å². The molecule has 0 fully saturated rings. The third kappa shape index (κ3) is 1.86. The van der Waals surface area contributed by atoms with E-state index < -0.39 is 5.97 Å². The lowest BCUT2D eigenvalue weighted by molar-refractivity contribution is 0.0689. The largest absolute Gasteiger partial charge is 0.477 e. The number of hydrogen-bond acceptors (Lipinski definition) is 2. The van der Waals surface area contributed by atoms with Gasteiger partial charge < -0.3 is 5.11 Å². The Hall–Kier alpha value is -1.62. The van der Waals surface area contributed by atoms with Crippen LogP contribution in [0.4, 0.5) is 0 Å². The van der Waals surface area contributed by atoms with E-state index >= 15 is 0 Å². The topological polar surface area (TPSA) is 66.0 Å². The SMILES string of the molecule is Cc1c(-c2ccc(Br)cc2)n[nH]c1C(=O)O. The third-order valence-electron chi connectivity index (χ3n) is 2.34. The van der Waals surface area contributed by atoms with E-state index in [1.165, 1.54) is 0 Å². The van der Waals surface area contributed by atoms with E-state index in [0.29, 0.717) is 11.3 Å². The Morgan fingerprint density at radius 1 is 1.38 bits per heavy atom. The maximum atomic E-state index is 10.8. The monoisotopic (exact) mass is 280 g/mol. The molecule has 0 saturated heterocycles. The number of aromatic carboxylic acids is 1. The van der Waals surface area contributed by atoms with Crippen LogP contribution < -0.4 is 0 Å². The minimum atomic E-state index is -0.992. The average Bonchev–Trinajstić information content (AvgIpc) is 2.61. The molecule has 0 radical (unpaired) electrons. The number of benzene rings is 1. The zero-order chi connectivity index (χ0) is 11.7. The van der Waals surface area contributed by atoms with Gasteiger partial charge in [-0.3, -0.25) is 5.10 Å². The maximum absolute atomic E-state index is 10.8. The van der Waals surface area contributed by atoms with E-state index in [-0.39, 0.29) is 5.69 Å². The van der Waals surface area contributed by atoms with Crippen LogP contribution >= 0.6 is 15.9 Å². The van der Waals surface area contributed by atoms with Crippen LogP contribution in [-0.4, -0.2) is 21.3 Å². The number of aromatic nitrogens is 2. The fourth-order valence-electron chi connectivity index (χ4n) is 1.49. The predicted octanol–water partition coefficient (Wildman–Crippen LogP) is 2.85. The Balaban J connectivity index is 2.49. The smallest absolute Gasteiger partial charge is 0.354 e. The molecule has 2 N–H and O–H groups in total. The summed E-state index contributed by atoms with van der Waals surface area (Å²) in [4.78, 5) is 10.8. The molecule has 2 rings (SSSR count). The number of aromatic amines is 1. The second-order valence-corrected chi connectivity index (χ2v) is 4.30. The highest BCUT2D eigenvalue weighted by Crippen LogP contribution is 2.24. The van der Waals surface area contributed by atoms with Gasteiger partial charge in [-0.2, -0.15) is 5.10 Å². The average molecular weight is 281 g/mol. The van der Waals surface area contributed by atoms with Crippen molar-refractivity contribution in [1.82, 2.24) is 10.2 Å². The summed E-state index contributed by atoms with van der Waals surface area (Å²) < 4.78 is 0.975. The van der Waals surface area contributed by atoms with Gasteiger partial charge in [0.1, 0.15) is 5.69 Å². The van der Waals surface area contributed by atoms with Gasteiger partial charge in [0.2, 0.25) is 0 Å². The summed E-state index contributed by atoms with van der Waals surface area (Å²) in [6.45, 7) is 1.74. The van der Waals surface area contributed by atoms with Crippen molar-refractivity contribution in [3.8, 4) is 11.3 Å². The number of carbonyl (C=O) groups is 1. The first-order valence-electron chi connectivity index (χ1n) is 4.64. The molecule has 0 bridgehead atoms. The van der Waals surface area contributed by atoms with Gasteiger partial charge in [0, 0.05) is 15.6 Å². The first-order chi connectivity index (χ1) is 7.59. The van der Waals surface area contributed by atoms with Crippen LogP contribution in [0.15, 0.2) is 28.7 Å². The molecule has 0 saturated carbocycles. The molecule has 0 aliphatic heterocycles. The summed E-state index contributed by atoms with van der Waals surface area (Å²) in [6.07, 6.45) is 0. The molecule has 0 atom stereocenters. The van der Waals surface area contributed by atoms with Crippen LogP contribution in [0.25, 0.3) is 11.3 Å². The summed E-state index contributed by atoms with van der Waals surface area (Å²) in [6, 6.07) is 7.56. The number of nitrogens with one attached hydrogen (secondary N) is 1. The molecular formula is C11H9BrN2O2. The van der Waals surface area contributed by atoms with Gasteiger partial charge in [-0.25, -0.2) is 4.79 Å². The van der Waals surface area contributed by atoms with Gasteiger partial charge in [-0.15, -0.1) is 0 Å². The maximum Gasteiger partial charge on any atom is 0.354 e. The Bertz CT molecular complexity index is 531. The number of rotatable bonds is 2. The molecule has 2 aromatic rings. The molecule has 4 nitrogen and oxygen atoms in total. The van der Waals surface area contributed by atoms with E-state index in [1.54, 1.807) is 6.92 Å². The van der Waals surface area contributed by atoms with Gasteiger partial charge >= 0.3 is 5.97 Å². The number of halogens is 1. The van der Waals surface area contributed by atoms with E-state index in [9.17, 15) is 4.79 Å². The van der Waals surface area contributed by atoms with Gasteiger partial charge in [0.05, 0.1) is 5.69 Å². The lowest BCUT2D eigenvalue weighted by Crippen LogP contribution is -1.98. The lowest BCUT2D eigenvalue weighted by Gasteiger charge is -1.98. The summed E-state index contributed by atoms with van der Waals surface area (Å²) >= 11 is 3.34. The molecular weight excluding hydrogens is 272 g/mol. The van der Waals surface area contributed by atoms with Crippen LogP contribution in [0.5, 0.6) is 0 Å². The van der Waals surface area contributed by atoms with Crippen molar-refractivity contribution in [2.45, 2.75) is 6.92 Å². The van der Waals surface area contributed by atoms with Gasteiger partial charge in [-0.1, -0.05) is 28.1 Å². The van der Waals surface area contributed by atoms with Crippen molar-refractivity contribution in [3.63, 3.8) is 0 Å². The Kier molecular flexibility index (Phi) is 2.78. The molecule has 0 spiro atoms. The zero-order valence-electron chi connectivity index (χ0n) is 8.49. The van der Waals surface area contributed by atoms with E-state index in [0.717, 1.165) is 10.0 Å². The molecule has 0 amide bonds. The van der Waals surface area contributed by atoms with Crippen LogP contribution in [0.3, 0.4) is 0 Å². The first kappa shape index (κ1) is 10.9. The fourth-order valence-corrected chi connectivity index (χ4v) is 1.76. The third-order valence-corrected chi connectivity index (χ3v) is 2.87. The van der Waals surface area contributed by atoms with Crippen molar-refractivity contribution in [1.29, 1.82) is 0 Å². The molecule has 0 aliphatic rings. The minimum Gasteiger partial charge on any atom is -0.477 e. The quantitative estimate of drug-likeness (QED) is 0.889. The number of carboxylic acid groups (broad SMARTS) is 1. The Morgan fingerprint density at radius 2 is 2.00 bits per heavy atom. The second kappa shape index (κ2) is 4.09. The fraction of sp³-hybridized carbons (Fsp3) is 0.0909. The number of H-pyrrole nitrogens is 1. The summed E-state index contributed by atoms with van der Waals surface area (Å²) in [5.41, 5.74) is 2.35. The highest BCUT2D eigenvalue weighted by molar-refractivity contribution is 9.10. The first-order valence-corrected chi connectivity index (χ1v) is 5.43. The van der Waals surface area contributed by atoms with Crippen molar-refractivity contribution >= 4 is 21.9 Å². The molecule has 1 aromatic carbocycles. The lowest BCUT2D eigenvalue weighted by atomic mass is 10.1. The highest BCUT2D eigenvalue weighted by Gasteiger charge is 2.15. The molecule has 5 heteroatoms.